The standard InChI is InChI=1S/C20H9Cl2F2N3O4/c21-13-3-2-10(27(29)30)6-11(13)19(28)25-9-1-4-18-17(5-9)26-20(31-18)12-7-15(23)16(24)8-14(12)22/h1-8H,(H,25,28). The Hall–Kier alpha value is -3.56. The van der Waals surface area contributed by atoms with Crippen LogP contribution >= 0.6 is 23.2 Å². The van der Waals surface area contributed by atoms with E-state index in [9.17, 15) is 23.7 Å². The van der Waals surface area contributed by atoms with E-state index in [0.29, 0.717) is 16.8 Å². The summed E-state index contributed by atoms with van der Waals surface area (Å²) in [4.78, 5) is 27.0. The number of nitrogens with zero attached hydrogens (tertiary/aromatic N) is 2. The number of fused-ring (bicyclic) bond motifs is 1. The fourth-order valence-corrected chi connectivity index (χ4v) is 3.24. The lowest BCUT2D eigenvalue weighted by atomic mass is 10.2. The molecule has 4 rings (SSSR count). The van der Waals surface area contributed by atoms with Crippen LogP contribution in [0.1, 0.15) is 10.4 Å². The van der Waals surface area contributed by atoms with Crippen molar-refractivity contribution in [2.45, 2.75) is 0 Å². The highest BCUT2D eigenvalue weighted by Gasteiger charge is 2.18. The minimum atomic E-state index is -1.11. The summed E-state index contributed by atoms with van der Waals surface area (Å²) in [6.45, 7) is 0. The van der Waals surface area contributed by atoms with Crippen LogP contribution in [0.2, 0.25) is 10.0 Å². The monoisotopic (exact) mass is 463 g/mol. The lowest BCUT2D eigenvalue weighted by Crippen LogP contribution is -2.12. The van der Waals surface area contributed by atoms with Gasteiger partial charge in [0.25, 0.3) is 11.6 Å². The average molecular weight is 464 g/mol. The highest BCUT2D eigenvalue weighted by Crippen LogP contribution is 2.32. The molecule has 7 nitrogen and oxygen atoms in total. The van der Waals surface area contributed by atoms with Crippen LogP contribution in [0.3, 0.4) is 0 Å². The van der Waals surface area contributed by atoms with Crippen LogP contribution < -0.4 is 5.32 Å². The van der Waals surface area contributed by atoms with Crippen molar-refractivity contribution < 1.29 is 22.9 Å². The van der Waals surface area contributed by atoms with Gasteiger partial charge in [0, 0.05) is 17.8 Å². The first kappa shape index (κ1) is 20.7. The van der Waals surface area contributed by atoms with Gasteiger partial charge in [0.05, 0.1) is 26.1 Å². The number of hydrogen-bond acceptors (Lipinski definition) is 5. The fraction of sp³-hybridized carbons (Fsp3) is 0. The molecular formula is C20H9Cl2F2N3O4. The molecule has 0 atom stereocenters. The SMILES string of the molecule is O=C(Nc1ccc2oc(-c3cc(F)c(F)cc3Cl)nc2c1)c1cc([N+](=O)[O-])ccc1Cl. The van der Waals surface area contributed by atoms with Gasteiger partial charge in [0.15, 0.2) is 17.2 Å². The number of hydrogen-bond donors (Lipinski definition) is 1. The molecule has 1 heterocycles. The molecule has 3 aromatic carbocycles. The molecule has 156 valence electrons. The van der Waals surface area contributed by atoms with E-state index in [0.717, 1.165) is 18.2 Å². The fourth-order valence-electron chi connectivity index (χ4n) is 2.81. The van der Waals surface area contributed by atoms with Gasteiger partial charge in [-0.15, -0.1) is 0 Å². The molecule has 1 N–H and O–H groups in total. The van der Waals surface area contributed by atoms with Gasteiger partial charge < -0.3 is 9.73 Å². The van der Waals surface area contributed by atoms with Gasteiger partial charge >= 0.3 is 0 Å². The van der Waals surface area contributed by atoms with Gasteiger partial charge in [-0.1, -0.05) is 23.2 Å². The van der Waals surface area contributed by atoms with Crippen molar-refractivity contribution in [3.05, 3.63) is 85.9 Å². The summed E-state index contributed by atoms with van der Waals surface area (Å²) in [6.07, 6.45) is 0. The van der Waals surface area contributed by atoms with Crippen LogP contribution in [0.25, 0.3) is 22.6 Å². The van der Waals surface area contributed by atoms with E-state index in [1.54, 1.807) is 0 Å². The van der Waals surface area contributed by atoms with Gasteiger partial charge in [-0.2, -0.15) is 0 Å². The number of halogens is 4. The number of aromatic nitrogens is 1. The maximum Gasteiger partial charge on any atom is 0.270 e. The van der Waals surface area contributed by atoms with Crippen LogP contribution in [0, 0.1) is 21.7 Å². The van der Waals surface area contributed by atoms with Crippen molar-refractivity contribution in [1.29, 1.82) is 0 Å². The van der Waals surface area contributed by atoms with Crippen molar-refractivity contribution in [2.24, 2.45) is 0 Å². The van der Waals surface area contributed by atoms with Crippen molar-refractivity contribution in [2.75, 3.05) is 5.32 Å². The van der Waals surface area contributed by atoms with E-state index in [1.807, 2.05) is 0 Å². The summed E-state index contributed by atoms with van der Waals surface area (Å²) in [5, 5.41) is 13.5. The molecule has 0 fully saturated rings. The summed E-state index contributed by atoms with van der Waals surface area (Å²) < 4.78 is 32.4. The molecule has 0 aliphatic rings. The smallest absolute Gasteiger partial charge is 0.270 e. The third kappa shape index (κ3) is 4.05. The van der Waals surface area contributed by atoms with Crippen molar-refractivity contribution in [3.8, 4) is 11.5 Å². The Morgan fingerprint density at radius 2 is 1.77 bits per heavy atom. The van der Waals surface area contributed by atoms with Crippen molar-refractivity contribution >= 4 is 51.6 Å². The Labute approximate surface area is 182 Å². The number of amides is 1. The quantitative estimate of drug-likeness (QED) is 0.219. The Morgan fingerprint density at radius 3 is 2.52 bits per heavy atom. The molecule has 1 aromatic heterocycles. The maximum atomic E-state index is 13.6. The second-order valence-corrected chi connectivity index (χ2v) is 7.14. The Bertz CT molecular complexity index is 1370. The minimum absolute atomic E-state index is 0.0379. The molecule has 4 aromatic rings. The van der Waals surface area contributed by atoms with E-state index >= 15 is 0 Å². The van der Waals surface area contributed by atoms with E-state index in [-0.39, 0.29) is 32.8 Å². The average Bonchev–Trinajstić information content (AvgIpc) is 3.13. The number of nitro groups is 1. The molecule has 1 amide bonds. The second kappa shape index (κ2) is 7.93. The summed E-state index contributed by atoms with van der Waals surface area (Å²) in [6, 6.07) is 9.68. The van der Waals surface area contributed by atoms with Gasteiger partial charge in [0.2, 0.25) is 5.89 Å². The zero-order chi connectivity index (χ0) is 22.3. The maximum absolute atomic E-state index is 13.6. The van der Waals surface area contributed by atoms with E-state index in [4.69, 9.17) is 27.6 Å². The third-order valence-electron chi connectivity index (χ3n) is 4.29. The van der Waals surface area contributed by atoms with Crippen LogP contribution in [-0.4, -0.2) is 15.8 Å². The predicted octanol–water partition coefficient (Wildman–Crippen LogP) is 6.24. The van der Waals surface area contributed by atoms with Crippen LogP contribution in [-0.2, 0) is 0 Å². The number of nitrogens with one attached hydrogen (secondary N) is 1. The summed E-state index contributed by atoms with van der Waals surface area (Å²) in [5.41, 5.74) is 0.614. The minimum Gasteiger partial charge on any atom is -0.436 e. The molecule has 0 unspecified atom stereocenters. The first-order valence-electron chi connectivity index (χ1n) is 8.54. The number of oxazole rings is 1. The highest BCUT2D eigenvalue weighted by atomic mass is 35.5. The molecule has 0 bridgehead atoms. The summed E-state index contributed by atoms with van der Waals surface area (Å²) in [7, 11) is 0. The molecular weight excluding hydrogens is 455 g/mol. The van der Waals surface area contributed by atoms with Gasteiger partial charge in [-0.25, -0.2) is 13.8 Å². The molecule has 0 saturated heterocycles. The van der Waals surface area contributed by atoms with Crippen molar-refractivity contribution in [3.63, 3.8) is 0 Å². The second-order valence-electron chi connectivity index (χ2n) is 6.32. The largest absolute Gasteiger partial charge is 0.436 e. The topological polar surface area (TPSA) is 98.3 Å². The van der Waals surface area contributed by atoms with Gasteiger partial charge in [-0.05, 0) is 36.4 Å². The van der Waals surface area contributed by atoms with Gasteiger partial charge in [0.1, 0.15) is 5.52 Å². The molecule has 31 heavy (non-hydrogen) atoms. The summed E-state index contributed by atoms with van der Waals surface area (Å²) in [5.74, 6) is -2.91. The van der Waals surface area contributed by atoms with Crippen LogP contribution in [0.5, 0.6) is 0 Å². The zero-order valence-corrected chi connectivity index (χ0v) is 16.7. The lowest BCUT2D eigenvalue weighted by Gasteiger charge is -2.06. The molecule has 0 saturated carbocycles. The van der Waals surface area contributed by atoms with E-state index in [2.05, 4.69) is 10.3 Å². The molecule has 0 aliphatic carbocycles. The Kier molecular flexibility index (Phi) is 5.30. The first-order valence-corrected chi connectivity index (χ1v) is 9.29. The number of carbonyl (C=O) groups excluding carboxylic acids is 1. The van der Waals surface area contributed by atoms with Crippen LogP contribution in [0.4, 0.5) is 20.2 Å². The van der Waals surface area contributed by atoms with E-state index < -0.39 is 22.5 Å². The third-order valence-corrected chi connectivity index (χ3v) is 4.93. The predicted molar refractivity (Wildman–Crippen MR) is 110 cm³/mol. The van der Waals surface area contributed by atoms with Crippen molar-refractivity contribution in [1.82, 2.24) is 4.98 Å². The number of anilines is 1. The number of rotatable bonds is 4. The normalized spacial score (nSPS) is 11.0. The van der Waals surface area contributed by atoms with E-state index in [1.165, 1.54) is 30.3 Å². The van der Waals surface area contributed by atoms with Gasteiger partial charge in [-0.3, -0.25) is 14.9 Å². The molecule has 0 aliphatic heterocycles. The highest BCUT2D eigenvalue weighted by molar-refractivity contribution is 6.34. The number of non-ortho nitro benzene ring substituents is 1. The number of nitro benzene ring substituents is 1. The Morgan fingerprint density at radius 1 is 1.03 bits per heavy atom. The summed E-state index contributed by atoms with van der Waals surface area (Å²) >= 11 is 11.9. The number of carbonyl (C=O) groups is 1. The molecule has 0 radical (unpaired) electrons. The number of benzene rings is 3. The molecule has 11 heteroatoms. The Balaban J connectivity index is 1.65. The molecule has 0 spiro atoms. The zero-order valence-electron chi connectivity index (χ0n) is 15.2. The first-order chi connectivity index (χ1) is 14.7. The lowest BCUT2D eigenvalue weighted by molar-refractivity contribution is -0.384. The van der Waals surface area contributed by atoms with Crippen LogP contribution in [0.15, 0.2) is 52.9 Å².